The molecule has 3 N–H and O–H groups in total. The van der Waals surface area contributed by atoms with E-state index >= 15 is 0 Å². The van der Waals surface area contributed by atoms with Crippen molar-refractivity contribution in [2.24, 2.45) is 5.92 Å². The van der Waals surface area contributed by atoms with Gasteiger partial charge in [0.2, 0.25) is 0 Å². The van der Waals surface area contributed by atoms with Gasteiger partial charge in [-0.15, -0.1) is 0 Å². The third-order valence-electron chi connectivity index (χ3n) is 16.5. The molecule has 0 aliphatic heterocycles. The number of carbonyl (C=O) groups excluding carboxylic acids is 4. The molecule has 90 heavy (non-hydrogen) atoms. The van der Waals surface area contributed by atoms with Crippen molar-refractivity contribution < 1.29 is 80.2 Å². The predicted molar refractivity (Wildman–Crippen MR) is 363 cm³/mol. The van der Waals surface area contributed by atoms with E-state index in [1.54, 1.807) is 0 Å². The average molecular weight is 1330 g/mol. The van der Waals surface area contributed by atoms with Crippen LogP contribution in [0.5, 0.6) is 0 Å². The number of aliphatic hydroxyl groups excluding tert-OH is 1. The summed E-state index contributed by atoms with van der Waals surface area (Å²) >= 11 is 0. The van der Waals surface area contributed by atoms with Gasteiger partial charge in [0.15, 0.2) is 12.2 Å². The van der Waals surface area contributed by atoms with Crippen molar-refractivity contribution in [3.05, 3.63) is 0 Å². The van der Waals surface area contributed by atoms with E-state index in [-0.39, 0.29) is 25.7 Å². The lowest BCUT2D eigenvalue weighted by molar-refractivity contribution is -0.161. The minimum absolute atomic E-state index is 0.107. The van der Waals surface area contributed by atoms with Gasteiger partial charge in [0.1, 0.15) is 19.3 Å². The van der Waals surface area contributed by atoms with Crippen LogP contribution >= 0.6 is 15.6 Å². The van der Waals surface area contributed by atoms with E-state index in [0.29, 0.717) is 25.7 Å². The van der Waals surface area contributed by atoms with Crippen LogP contribution in [0, 0.1) is 5.92 Å². The first-order valence-electron chi connectivity index (χ1n) is 37.1. The monoisotopic (exact) mass is 1320 g/mol. The minimum atomic E-state index is -4.95. The predicted octanol–water partition coefficient (Wildman–Crippen LogP) is 20.5. The van der Waals surface area contributed by atoms with Crippen molar-refractivity contribution >= 4 is 39.5 Å². The molecule has 0 heterocycles. The Morgan fingerprint density at radius 2 is 0.511 bits per heavy atom. The highest BCUT2D eigenvalue weighted by molar-refractivity contribution is 7.47. The second kappa shape index (κ2) is 64.4. The zero-order chi connectivity index (χ0) is 66.3. The lowest BCUT2D eigenvalue weighted by Gasteiger charge is -2.21. The molecule has 0 aromatic carbocycles. The summed E-state index contributed by atoms with van der Waals surface area (Å²) in [6.45, 7) is 7.19. The second-order valence-corrected chi connectivity index (χ2v) is 29.0. The summed E-state index contributed by atoms with van der Waals surface area (Å²) in [6.07, 6.45) is 51.6. The number of aliphatic hydroxyl groups is 1. The lowest BCUT2D eigenvalue weighted by atomic mass is 10.0. The van der Waals surface area contributed by atoms with E-state index in [4.69, 9.17) is 37.0 Å². The smallest absolute Gasteiger partial charge is 0.462 e. The molecule has 0 bridgehead atoms. The van der Waals surface area contributed by atoms with Crippen LogP contribution in [0.15, 0.2) is 0 Å². The van der Waals surface area contributed by atoms with E-state index in [0.717, 1.165) is 102 Å². The third-order valence-corrected chi connectivity index (χ3v) is 18.4. The average Bonchev–Trinajstić information content (AvgIpc) is 3.54. The molecule has 19 heteroatoms. The van der Waals surface area contributed by atoms with Gasteiger partial charge < -0.3 is 33.8 Å². The largest absolute Gasteiger partial charge is 0.472 e. The van der Waals surface area contributed by atoms with Crippen LogP contribution in [-0.4, -0.2) is 96.7 Å². The molecule has 2 unspecified atom stereocenters. The molecule has 0 rings (SSSR count). The molecule has 0 spiro atoms. The Morgan fingerprint density at radius 3 is 0.756 bits per heavy atom. The molecule has 0 fully saturated rings. The molecule has 0 amide bonds. The van der Waals surface area contributed by atoms with Gasteiger partial charge in [0.25, 0.3) is 0 Å². The highest BCUT2D eigenvalue weighted by Crippen LogP contribution is 2.45. The van der Waals surface area contributed by atoms with E-state index in [1.165, 1.54) is 186 Å². The molecule has 0 aliphatic carbocycles. The van der Waals surface area contributed by atoms with E-state index in [1.807, 2.05) is 0 Å². The minimum Gasteiger partial charge on any atom is -0.462 e. The van der Waals surface area contributed by atoms with Crippen molar-refractivity contribution in [3.8, 4) is 0 Å². The maximum absolute atomic E-state index is 13.0. The molecule has 5 atom stereocenters. The molecule has 0 aromatic rings. The number of ether oxygens (including phenoxy) is 4. The van der Waals surface area contributed by atoms with Crippen molar-refractivity contribution in [3.63, 3.8) is 0 Å². The number of phosphoric ester groups is 2. The summed E-state index contributed by atoms with van der Waals surface area (Å²) in [6, 6.07) is 0. The third kappa shape index (κ3) is 64.8. The standard InChI is InChI=1S/C71H138O17P2/c1-6-9-12-15-17-19-21-23-25-26-28-34-38-42-47-52-57-71(76)88-67(61-82-69(74)55-50-45-40-36-32-30-29-31-35-39-44-48-53-64(4)5)63-86-90(79,80)84-59-65(72)58-83-89(77,78)85-62-66(60-81-68(73)54-49-43-14-11-8-3)87-70(75)56-51-46-41-37-33-27-24-22-20-18-16-13-10-7-2/h64-67,72H,6-63H2,1-5H3,(H,77,78)(H,79,80)/t65-,66+,67+/m0/s1. The zero-order valence-electron chi connectivity index (χ0n) is 58.3. The Morgan fingerprint density at radius 1 is 0.300 bits per heavy atom. The maximum Gasteiger partial charge on any atom is 0.472 e. The van der Waals surface area contributed by atoms with E-state index in [2.05, 4.69) is 34.6 Å². The highest BCUT2D eigenvalue weighted by atomic mass is 31.2. The Bertz CT molecular complexity index is 1740. The summed E-state index contributed by atoms with van der Waals surface area (Å²) in [7, 11) is -9.89. The van der Waals surface area contributed by atoms with E-state index in [9.17, 15) is 43.2 Å². The Balaban J connectivity index is 5.15. The molecular weight excluding hydrogens is 1190 g/mol. The fourth-order valence-electron chi connectivity index (χ4n) is 10.8. The second-order valence-electron chi connectivity index (χ2n) is 26.1. The van der Waals surface area contributed by atoms with Crippen LogP contribution in [0.1, 0.15) is 369 Å². The first-order chi connectivity index (χ1) is 43.5. The van der Waals surface area contributed by atoms with Crippen LogP contribution in [-0.2, 0) is 65.4 Å². The van der Waals surface area contributed by atoms with Crippen LogP contribution in [0.2, 0.25) is 0 Å². The molecule has 0 aromatic heterocycles. The number of hydrogen-bond donors (Lipinski definition) is 3. The van der Waals surface area contributed by atoms with Crippen molar-refractivity contribution in [2.45, 2.75) is 387 Å². The topological polar surface area (TPSA) is 237 Å². The van der Waals surface area contributed by atoms with Gasteiger partial charge >= 0.3 is 39.5 Å². The maximum atomic E-state index is 13.0. The van der Waals surface area contributed by atoms with Crippen LogP contribution in [0.3, 0.4) is 0 Å². The first-order valence-corrected chi connectivity index (χ1v) is 40.1. The SMILES string of the molecule is CCCCCCCCCCCCCCCCCCC(=O)O[C@H](COC(=O)CCCCCCCCCCCCCCC(C)C)COP(=O)(O)OC[C@@H](O)COP(=O)(O)OC[C@@H](COC(=O)CCCCCCC)OC(=O)CCCCCCCCCCCCCCCC. The molecule has 0 radical (unpaired) electrons. The number of hydrogen-bond acceptors (Lipinski definition) is 15. The summed E-state index contributed by atoms with van der Waals surface area (Å²) in [5.74, 6) is -1.35. The van der Waals surface area contributed by atoms with Gasteiger partial charge in [-0.05, 0) is 31.6 Å². The Kier molecular flexibility index (Phi) is 63.0. The van der Waals surface area contributed by atoms with Crippen molar-refractivity contribution in [1.29, 1.82) is 0 Å². The van der Waals surface area contributed by atoms with Crippen molar-refractivity contribution in [1.82, 2.24) is 0 Å². The molecule has 534 valence electrons. The molecule has 0 saturated carbocycles. The highest BCUT2D eigenvalue weighted by Gasteiger charge is 2.30. The fraction of sp³-hybridized carbons (Fsp3) is 0.944. The van der Waals surface area contributed by atoms with Crippen LogP contribution in [0.25, 0.3) is 0 Å². The van der Waals surface area contributed by atoms with Gasteiger partial charge in [-0.1, -0.05) is 317 Å². The lowest BCUT2D eigenvalue weighted by Crippen LogP contribution is -2.30. The fourth-order valence-corrected chi connectivity index (χ4v) is 12.4. The van der Waals surface area contributed by atoms with E-state index < -0.39 is 97.5 Å². The quantitative estimate of drug-likeness (QED) is 0.0222. The van der Waals surface area contributed by atoms with Gasteiger partial charge in [-0.2, -0.15) is 0 Å². The number of phosphoric acid groups is 2. The Hall–Kier alpha value is -1.94. The summed E-state index contributed by atoms with van der Waals surface area (Å²) < 4.78 is 68.1. The number of carbonyl (C=O) groups is 4. The summed E-state index contributed by atoms with van der Waals surface area (Å²) in [5, 5.41) is 10.6. The summed E-state index contributed by atoms with van der Waals surface area (Å²) in [4.78, 5) is 72.3. The van der Waals surface area contributed by atoms with Crippen LogP contribution in [0.4, 0.5) is 0 Å². The normalized spacial score (nSPS) is 14.1. The Labute approximate surface area is 549 Å². The number of rotatable bonds is 71. The molecule has 17 nitrogen and oxygen atoms in total. The van der Waals surface area contributed by atoms with Gasteiger partial charge in [-0.25, -0.2) is 9.13 Å². The van der Waals surface area contributed by atoms with Crippen molar-refractivity contribution in [2.75, 3.05) is 39.6 Å². The van der Waals surface area contributed by atoms with Gasteiger partial charge in [-0.3, -0.25) is 37.3 Å². The summed E-state index contributed by atoms with van der Waals surface area (Å²) in [5.41, 5.74) is 0. The van der Waals surface area contributed by atoms with Gasteiger partial charge in [0.05, 0.1) is 26.4 Å². The first kappa shape index (κ1) is 88.1. The number of esters is 4. The zero-order valence-corrected chi connectivity index (χ0v) is 60.1. The van der Waals surface area contributed by atoms with Crippen LogP contribution < -0.4 is 0 Å². The molecule has 0 saturated heterocycles. The molecule has 0 aliphatic rings. The number of unbranched alkanes of at least 4 members (excludes halogenated alkanes) is 43. The molecular formula is C71H138O17P2. The van der Waals surface area contributed by atoms with Gasteiger partial charge in [0, 0.05) is 25.7 Å².